The molecular weight excluding hydrogens is 301 g/mol. The molecular formula is C14H15Cl2NO3. The quantitative estimate of drug-likeness (QED) is 0.850. The van der Waals surface area contributed by atoms with Crippen LogP contribution in [-0.4, -0.2) is 25.0 Å². The molecule has 1 fully saturated rings. The maximum absolute atomic E-state index is 12.2. The van der Waals surface area contributed by atoms with Crippen LogP contribution < -0.4 is 5.32 Å². The van der Waals surface area contributed by atoms with Crippen molar-refractivity contribution in [2.75, 3.05) is 7.11 Å². The number of nitrogens with one attached hydrogen (secondary N) is 1. The van der Waals surface area contributed by atoms with Gasteiger partial charge < -0.3 is 10.1 Å². The number of hydrogen-bond acceptors (Lipinski definition) is 3. The molecule has 1 saturated carbocycles. The van der Waals surface area contributed by atoms with E-state index in [9.17, 15) is 9.59 Å². The zero-order valence-electron chi connectivity index (χ0n) is 11.0. The van der Waals surface area contributed by atoms with E-state index >= 15 is 0 Å². The lowest BCUT2D eigenvalue weighted by atomic mass is 10.1. The highest BCUT2D eigenvalue weighted by Crippen LogP contribution is 2.34. The van der Waals surface area contributed by atoms with E-state index in [-0.39, 0.29) is 24.3 Å². The summed E-state index contributed by atoms with van der Waals surface area (Å²) in [5.41, 5.74) is 0.353. The van der Waals surface area contributed by atoms with Crippen LogP contribution in [-0.2, 0) is 9.53 Å². The van der Waals surface area contributed by atoms with Crippen molar-refractivity contribution in [3.63, 3.8) is 0 Å². The van der Waals surface area contributed by atoms with Crippen LogP contribution in [0.5, 0.6) is 0 Å². The number of halogens is 2. The molecule has 0 aliphatic heterocycles. The number of ether oxygens (including phenoxy) is 1. The van der Waals surface area contributed by atoms with Crippen molar-refractivity contribution in [2.24, 2.45) is 5.92 Å². The number of rotatable bonds is 5. The van der Waals surface area contributed by atoms with Gasteiger partial charge in [0, 0.05) is 11.1 Å². The highest BCUT2D eigenvalue weighted by atomic mass is 35.5. The van der Waals surface area contributed by atoms with Crippen LogP contribution in [0.15, 0.2) is 18.2 Å². The molecule has 1 atom stereocenters. The second kappa shape index (κ2) is 6.46. The zero-order chi connectivity index (χ0) is 14.7. The molecule has 0 spiro atoms. The predicted molar refractivity (Wildman–Crippen MR) is 77.1 cm³/mol. The summed E-state index contributed by atoms with van der Waals surface area (Å²) in [6, 6.07) is 4.49. The maximum Gasteiger partial charge on any atom is 0.307 e. The first-order chi connectivity index (χ1) is 9.51. The first kappa shape index (κ1) is 15.1. The van der Waals surface area contributed by atoms with E-state index in [4.69, 9.17) is 23.2 Å². The molecule has 1 aromatic rings. The van der Waals surface area contributed by atoms with Gasteiger partial charge in [-0.1, -0.05) is 23.2 Å². The Morgan fingerprint density at radius 2 is 2.10 bits per heavy atom. The Labute approximate surface area is 127 Å². The van der Waals surface area contributed by atoms with Crippen LogP contribution in [0.3, 0.4) is 0 Å². The molecule has 6 heteroatoms. The Kier molecular flexibility index (Phi) is 4.89. The van der Waals surface area contributed by atoms with Crippen molar-refractivity contribution in [1.29, 1.82) is 0 Å². The normalized spacial score (nSPS) is 15.6. The molecule has 0 heterocycles. The predicted octanol–water partition coefficient (Wildman–Crippen LogP) is 3.06. The minimum absolute atomic E-state index is 0.179. The number of esters is 1. The van der Waals surface area contributed by atoms with Crippen LogP contribution in [0.1, 0.15) is 29.6 Å². The van der Waals surface area contributed by atoms with Gasteiger partial charge in [0.2, 0.25) is 0 Å². The van der Waals surface area contributed by atoms with Crippen LogP contribution in [0, 0.1) is 5.92 Å². The molecule has 0 bridgehead atoms. The van der Waals surface area contributed by atoms with Crippen LogP contribution in [0.4, 0.5) is 0 Å². The lowest BCUT2D eigenvalue weighted by molar-refractivity contribution is -0.141. The van der Waals surface area contributed by atoms with E-state index in [1.165, 1.54) is 13.2 Å². The van der Waals surface area contributed by atoms with Gasteiger partial charge in [-0.15, -0.1) is 0 Å². The minimum atomic E-state index is -0.329. The fourth-order valence-electron chi connectivity index (χ4n) is 2.02. The molecule has 0 radical (unpaired) electrons. The molecule has 1 aliphatic rings. The van der Waals surface area contributed by atoms with Crippen molar-refractivity contribution in [3.8, 4) is 0 Å². The van der Waals surface area contributed by atoms with Gasteiger partial charge in [0.15, 0.2) is 0 Å². The van der Waals surface area contributed by atoms with Gasteiger partial charge in [-0.2, -0.15) is 0 Å². The highest BCUT2D eigenvalue weighted by Gasteiger charge is 2.34. The smallest absolute Gasteiger partial charge is 0.307 e. The Bertz CT molecular complexity index is 529. The van der Waals surface area contributed by atoms with Crippen LogP contribution in [0.25, 0.3) is 0 Å². The van der Waals surface area contributed by atoms with Crippen molar-refractivity contribution >= 4 is 35.1 Å². The lowest BCUT2D eigenvalue weighted by Gasteiger charge is -2.17. The van der Waals surface area contributed by atoms with Crippen molar-refractivity contribution in [2.45, 2.75) is 25.3 Å². The molecule has 4 nitrogen and oxygen atoms in total. The number of methoxy groups -OCH3 is 1. The van der Waals surface area contributed by atoms with Gasteiger partial charge in [0.25, 0.3) is 5.91 Å². The van der Waals surface area contributed by atoms with Gasteiger partial charge in [0.05, 0.1) is 24.1 Å². The average Bonchev–Trinajstić information content (AvgIpc) is 3.21. The third kappa shape index (κ3) is 3.87. The summed E-state index contributed by atoms with van der Waals surface area (Å²) in [7, 11) is 1.34. The summed E-state index contributed by atoms with van der Waals surface area (Å²) in [5, 5.41) is 3.62. The van der Waals surface area contributed by atoms with E-state index in [1.54, 1.807) is 12.1 Å². The molecule has 1 aliphatic carbocycles. The SMILES string of the molecule is COC(=O)CC(NC(=O)c1ccc(Cl)cc1Cl)C1CC1. The monoisotopic (exact) mass is 315 g/mol. The van der Waals surface area contributed by atoms with Gasteiger partial charge in [0.1, 0.15) is 0 Å². The Morgan fingerprint density at radius 1 is 1.40 bits per heavy atom. The summed E-state index contributed by atoms with van der Waals surface area (Å²) >= 11 is 11.8. The molecule has 1 unspecified atom stereocenters. The molecule has 0 aromatic heterocycles. The van der Waals surface area contributed by atoms with Crippen LogP contribution >= 0.6 is 23.2 Å². The third-order valence-electron chi connectivity index (χ3n) is 3.30. The molecule has 20 heavy (non-hydrogen) atoms. The average molecular weight is 316 g/mol. The summed E-state index contributed by atoms with van der Waals surface area (Å²) < 4.78 is 4.65. The Hall–Kier alpha value is -1.26. The largest absolute Gasteiger partial charge is 0.469 e. The lowest BCUT2D eigenvalue weighted by Crippen LogP contribution is -2.38. The molecule has 0 saturated heterocycles. The first-order valence-corrected chi connectivity index (χ1v) is 7.09. The first-order valence-electron chi connectivity index (χ1n) is 6.34. The fraction of sp³-hybridized carbons (Fsp3) is 0.429. The summed E-state index contributed by atoms with van der Waals surface area (Å²) in [4.78, 5) is 23.6. The molecule has 1 amide bonds. The summed E-state index contributed by atoms with van der Waals surface area (Å²) in [5.74, 6) is -0.291. The van der Waals surface area contributed by atoms with Gasteiger partial charge in [-0.3, -0.25) is 9.59 Å². The molecule has 2 rings (SSSR count). The van der Waals surface area contributed by atoms with Crippen LogP contribution in [0.2, 0.25) is 10.0 Å². The summed E-state index contributed by atoms with van der Waals surface area (Å²) in [6.07, 6.45) is 2.20. The number of carbonyl (C=O) groups is 2. The molecule has 1 N–H and O–H groups in total. The van der Waals surface area contributed by atoms with E-state index in [1.807, 2.05) is 0 Å². The molecule has 1 aromatic carbocycles. The van der Waals surface area contributed by atoms with Gasteiger partial charge >= 0.3 is 5.97 Å². The highest BCUT2D eigenvalue weighted by molar-refractivity contribution is 6.36. The van der Waals surface area contributed by atoms with E-state index < -0.39 is 0 Å². The van der Waals surface area contributed by atoms with Crippen molar-refractivity contribution in [3.05, 3.63) is 33.8 Å². The number of amides is 1. The third-order valence-corrected chi connectivity index (χ3v) is 3.85. The second-order valence-electron chi connectivity index (χ2n) is 4.82. The number of benzene rings is 1. The maximum atomic E-state index is 12.2. The van der Waals surface area contributed by atoms with E-state index in [0.29, 0.717) is 21.5 Å². The van der Waals surface area contributed by atoms with Crippen molar-refractivity contribution in [1.82, 2.24) is 5.32 Å². The minimum Gasteiger partial charge on any atom is -0.469 e. The topological polar surface area (TPSA) is 55.4 Å². The fourth-order valence-corrected chi connectivity index (χ4v) is 2.51. The zero-order valence-corrected chi connectivity index (χ0v) is 12.5. The van der Waals surface area contributed by atoms with Crippen molar-refractivity contribution < 1.29 is 14.3 Å². The van der Waals surface area contributed by atoms with E-state index in [2.05, 4.69) is 10.1 Å². The molecule has 108 valence electrons. The van der Waals surface area contributed by atoms with Gasteiger partial charge in [-0.25, -0.2) is 0 Å². The standard InChI is InChI=1S/C14H15Cl2NO3/c1-20-13(18)7-12(8-2-3-8)17-14(19)10-5-4-9(15)6-11(10)16/h4-6,8,12H,2-3,7H2,1H3,(H,17,19). The Balaban J connectivity index is 2.06. The van der Waals surface area contributed by atoms with E-state index in [0.717, 1.165) is 12.8 Å². The van der Waals surface area contributed by atoms with Gasteiger partial charge in [-0.05, 0) is 37.0 Å². The summed E-state index contributed by atoms with van der Waals surface area (Å²) in [6.45, 7) is 0. The second-order valence-corrected chi connectivity index (χ2v) is 5.67. The Morgan fingerprint density at radius 3 is 2.65 bits per heavy atom. The number of hydrogen-bond donors (Lipinski definition) is 1. The number of carbonyl (C=O) groups excluding carboxylic acids is 2.